The topological polar surface area (TPSA) is 94.0 Å². The number of hydrogen-bond donors (Lipinski definition) is 2. The normalized spacial score (nSPS) is 20.3. The molecule has 0 amide bonds. The van der Waals surface area contributed by atoms with Gasteiger partial charge in [-0.2, -0.15) is 37.7 Å². The number of aromatic nitrogens is 1. The number of carbonyl (C=O) groups is 2. The molecule has 0 bridgehead atoms. The first-order chi connectivity index (χ1) is 16.3. The molecule has 2 aromatic rings. The van der Waals surface area contributed by atoms with Crippen LogP contribution < -0.4 is 0 Å². The summed E-state index contributed by atoms with van der Waals surface area (Å²) in [6, 6.07) is 6.48. The summed E-state index contributed by atoms with van der Waals surface area (Å²) in [4.78, 5) is 27.3. The summed E-state index contributed by atoms with van der Waals surface area (Å²) in [5, 5.41) is 18.7. The highest BCUT2D eigenvalue weighted by Gasteiger charge is 2.40. The highest BCUT2D eigenvalue weighted by molar-refractivity contribution is 7.07. The number of nitrogens with zero attached hydrogens (tertiary/aromatic N) is 3. The molecule has 2 atom stereocenters. The second-order valence-corrected chi connectivity index (χ2v) is 8.79. The van der Waals surface area contributed by atoms with Crippen molar-refractivity contribution in [2.24, 2.45) is 11.8 Å². The Balaban J connectivity index is 0.000000257. The van der Waals surface area contributed by atoms with Crippen LogP contribution in [-0.4, -0.2) is 75.5 Å². The molecule has 7 nitrogen and oxygen atoms in total. The van der Waals surface area contributed by atoms with Crippen LogP contribution in [0.1, 0.15) is 11.1 Å². The summed E-state index contributed by atoms with van der Waals surface area (Å²) in [5.74, 6) is -3.79. The van der Waals surface area contributed by atoms with E-state index in [-0.39, 0.29) is 0 Å². The number of rotatable bonds is 4. The minimum Gasteiger partial charge on any atom is -0.475 e. The fraction of sp³-hybridized carbons (Fsp3) is 0.476. The van der Waals surface area contributed by atoms with Gasteiger partial charge >= 0.3 is 24.3 Å². The number of alkyl halides is 6. The minimum atomic E-state index is -5.08. The lowest BCUT2D eigenvalue weighted by Gasteiger charge is -2.21. The molecule has 194 valence electrons. The first-order valence-corrected chi connectivity index (χ1v) is 11.1. The summed E-state index contributed by atoms with van der Waals surface area (Å²) in [6.45, 7) is 7.23. The summed E-state index contributed by atoms with van der Waals surface area (Å²) in [7, 11) is 0. The molecule has 4 rings (SSSR count). The van der Waals surface area contributed by atoms with E-state index in [0.717, 1.165) is 24.9 Å². The number of carboxylic acid groups (broad SMARTS) is 2. The zero-order valence-electron chi connectivity index (χ0n) is 18.2. The molecule has 2 saturated heterocycles. The lowest BCUT2D eigenvalue weighted by atomic mass is 10.0. The molecule has 0 aliphatic carbocycles. The minimum absolute atomic E-state index is 0.861. The predicted molar refractivity (Wildman–Crippen MR) is 113 cm³/mol. The number of fused-ring (bicyclic) bond motifs is 1. The van der Waals surface area contributed by atoms with Crippen molar-refractivity contribution in [2.75, 3.05) is 26.2 Å². The molecule has 0 aromatic carbocycles. The molecule has 0 radical (unpaired) electrons. The number of hydrogen-bond acceptors (Lipinski definition) is 6. The van der Waals surface area contributed by atoms with Gasteiger partial charge in [0.2, 0.25) is 0 Å². The van der Waals surface area contributed by atoms with Gasteiger partial charge in [-0.05, 0) is 45.9 Å². The van der Waals surface area contributed by atoms with Crippen molar-refractivity contribution in [3.63, 3.8) is 0 Å². The Bertz CT molecular complexity index is 903. The van der Waals surface area contributed by atoms with Crippen molar-refractivity contribution < 1.29 is 46.1 Å². The van der Waals surface area contributed by atoms with Gasteiger partial charge in [-0.1, -0.05) is 6.07 Å². The Morgan fingerprint density at radius 2 is 1.34 bits per heavy atom. The summed E-state index contributed by atoms with van der Waals surface area (Å²) >= 11 is 1.81. The van der Waals surface area contributed by atoms with E-state index in [9.17, 15) is 26.3 Å². The van der Waals surface area contributed by atoms with Gasteiger partial charge in [-0.25, -0.2) is 9.59 Å². The van der Waals surface area contributed by atoms with Gasteiger partial charge in [0.1, 0.15) is 0 Å². The summed E-state index contributed by atoms with van der Waals surface area (Å²) in [5.41, 5.74) is 2.82. The van der Waals surface area contributed by atoms with Gasteiger partial charge in [0.05, 0.1) is 0 Å². The maximum atomic E-state index is 10.6. The van der Waals surface area contributed by atoms with Gasteiger partial charge in [-0.3, -0.25) is 14.8 Å². The molecule has 0 spiro atoms. The molecule has 2 N–H and O–H groups in total. The Hall–Kier alpha value is -2.71. The van der Waals surface area contributed by atoms with Crippen LogP contribution in [0.5, 0.6) is 0 Å². The SMILES string of the molecule is O=C(O)C(F)(F)F.O=C(O)C(F)(F)F.c1cncc(CN2CC3CN(Cc4ccsc4)CC3C2)c1. The Labute approximate surface area is 200 Å². The average molecular weight is 527 g/mol. The van der Waals surface area contributed by atoms with E-state index in [2.05, 4.69) is 37.7 Å². The third-order valence-corrected chi connectivity index (χ3v) is 5.97. The number of carboxylic acids is 2. The first-order valence-electron chi connectivity index (χ1n) is 10.2. The van der Waals surface area contributed by atoms with E-state index in [0.29, 0.717) is 0 Å². The van der Waals surface area contributed by atoms with Crippen molar-refractivity contribution in [1.82, 2.24) is 14.8 Å². The highest BCUT2D eigenvalue weighted by atomic mass is 32.1. The largest absolute Gasteiger partial charge is 0.490 e. The average Bonchev–Trinajstić information content (AvgIpc) is 3.46. The molecule has 0 saturated carbocycles. The zero-order chi connectivity index (χ0) is 26.2. The Morgan fingerprint density at radius 1 is 0.886 bits per heavy atom. The van der Waals surface area contributed by atoms with Crippen molar-refractivity contribution in [2.45, 2.75) is 25.4 Å². The van der Waals surface area contributed by atoms with E-state index in [1.165, 1.54) is 37.3 Å². The van der Waals surface area contributed by atoms with Crippen LogP contribution in [0.3, 0.4) is 0 Å². The van der Waals surface area contributed by atoms with Crippen LogP contribution in [0, 0.1) is 11.8 Å². The number of thiophene rings is 1. The van der Waals surface area contributed by atoms with E-state index in [1.807, 2.05) is 18.5 Å². The molecule has 2 aromatic heterocycles. The quantitative estimate of drug-likeness (QED) is 0.582. The van der Waals surface area contributed by atoms with Crippen LogP contribution in [0.15, 0.2) is 41.4 Å². The van der Waals surface area contributed by atoms with Gasteiger partial charge in [0, 0.05) is 51.7 Å². The van der Waals surface area contributed by atoms with Gasteiger partial charge < -0.3 is 10.2 Å². The molecular weight excluding hydrogens is 504 g/mol. The fourth-order valence-electron chi connectivity index (χ4n) is 3.84. The standard InChI is InChI=1S/C17H21N3S.2C2HF3O2/c1-2-14(6-18-4-1)7-19-9-16-11-20(12-17(16)10-19)8-15-3-5-21-13-15;2*3-2(4,5)1(6)7/h1-6,13,16-17H,7-12H2;2*(H,6,7). The monoisotopic (exact) mass is 527 g/mol. The van der Waals surface area contributed by atoms with Crippen LogP contribution in [0.4, 0.5) is 26.3 Å². The second-order valence-electron chi connectivity index (χ2n) is 8.01. The third-order valence-electron chi connectivity index (χ3n) is 5.24. The van der Waals surface area contributed by atoms with E-state index in [1.54, 1.807) is 11.3 Å². The van der Waals surface area contributed by atoms with E-state index >= 15 is 0 Å². The van der Waals surface area contributed by atoms with Gasteiger partial charge in [0.15, 0.2) is 0 Å². The van der Waals surface area contributed by atoms with Crippen LogP contribution in [0.25, 0.3) is 0 Å². The lowest BCUT2D eigenvalue weighted by molar-refractivity contribution is -0.193. The van der Waals surface area contributed by atoms with Crippen molar-refractivity contribution in [1.29, 1.82) is 0 Å². The number of pyridine rings is 1. The lowest BCUT2D eigenvalue weighted by Crippen LogP contribution is -2.28. The smallest absolute Gasteiger partial charge is 0.475 e. The molecule has 4 heterocycles. The third kappa shape index (κ3) is 9.82. The zero-order valence-corrected chi connectivity index (χ0v) is 19.0. The van der Waals surface area contributed by atoms with E-state index in [4.69, 9.17) is 19.8 Å². The number of halogens is 6. The predicted octanol–water partition coefficient (Wildman–Crippen LogP) is 3.97. The highest BCUT2D eigenvalue weighted by Crippen LogP contribution is 2.32. The maximum absolute atomic E-state index is 10.6. The first kappa shape index (κ1) is 28.5. The molecule has 2 fully saturated rings. The van der Waals surface area contributed by atoms with Crippen LogP contribution in [-0.2, 0) is 22.7 Å². The molecule has 2 aliphatic rings. The maximum Gasteiger partial charge on any atom is 0.490 e. The van der Waals surface area contributed by atoms with Crippen LogP contribution >= 0.6 is 11.3 Å². The van der Waals surface area contributed by atoms with Gasteiger partial charge in [-0.15, -0.1) is 0 Å². The summed E-state index contributed by atoms with van der Waals surface area (Å²) in [6.07, 6.45) is -6.32. The molecule has 2 aliphatic heterocycles. The second kappa shape index (κ2) is 12.3. The van der Waals surface area contributed by atoms with Crippen molar-refractivity contribution >= 4 is 23.3 Å². The number of likely N-dealkylation sites (tertiary alicyclic amines) is 2. The molecule has 14 heteroatoms. The Morgan fingerprint density at radius 3 is 1.69 bits per heavy atom. The van der Waals surface area contributed by atoms with Crippen LogP contribution in [0.2, 0.25) is 0 Å². The van der Waals surface area contributed by atoms with Crippen molar-refractivity contribution in [3.05, 3.63) is 52.5 Å². The van der Waals surface area contributed by atoms with Gasteiger partial charge in [0.25, 0.3) is 0 Å². The molecular formula is C21H23F6N3O4S. The summed E-state index contributed by atoms with van der Waals surface area (Å²) < 4.78 is 63.5. The number of aliphatic carboxylic acids is 2. The fourth-order valence-corrected chi connectivity index (χ4v) is 4.50. The molecule has 35 heavy (non-hydrogen) atoms. The molecule has 2 unspecified atom stereocenters. The Kier molecular flexibility index (Phi) is 10.0. The van der Waals surface area contributed by atoms with Crippen molar-refractivity contribution in [3.8, 4) is 0 Å². The van der Waals surface area contributed by atoms with E-state index < -0.39 is 24.3 Å².